The van der Waals surface area contributed by atoms with Gasteiger partial charge in [-0.15, -0.1) is 12.4 Å². The molecule has 0 aromatic heterocycles. The molecule has 4 nitrogen and oxygen atoms in total. The SMILES string of the molecule is Cc1cc(C)cc(OCCNC(=O)CC(C)C2CCNCC2)c1.Cl. The van der Waals surface area contributed by atoms with Gasteiger partial charge in [-0.3, -0.25) is 4.79 Å². The number of nitrogens with one attached hydrogen (secondary N) is 2. The van der Waals surface area contributed by atoms with E-state index in [2.05, 4.69) is 37.5 Å². The maximum Gasteiger partial charge on any atom is 0.220 e. The Labute approximate surface area is 152 Å². The molecule has 24 heavy (non-hydrogen) atoms. The summed E-state index contributed by atoms with van der Waals surface area (Å²) in [7, 11) is 0. The highest BCUT2D eigenvalue weighted by Gasteiger charge is 2.21. The van der Waals surface area contributed by atoms with Crippen LogP contribution in [-0.4, -0.2) is 32.1 Å². The van der Waals surface area contributed by atoms with Gasteiger partial charge in [-0.2, -0.15) is 0 Å². The van der Waals surface area contributed by atoms with Gasteiger partial charge in [0.05, 0.1) is 6.54 Å². The van der Waals surface area contributed by atoms with Crippen LogP contribution in [0.1, 0.15) is 37.3 Å². The van der Waals surface area contributed by atoms with Crippen molar-refractivity contribution < 1.29 is 9.53 Å². The van der Waals surface area contributed by atoms with Crippen molar-refractivity contribution in [3.05, 3.63) is 29.3 Å². The molecule has 2 rings (SSSR count). The summed E-state index contributed by atoms with van der Waals surface area (Å²) >= 11 is 0. The van der Waals surface area contributed by atoms with Crippen molar-refractivity contribution >= 4 is 18.3 Å². The quantitative estimate of drug-likeness (QED) is 0.739. The molecule has 5 heteroatoms. The number of piperidine rings is 1. The van der Waals surface area contributed by atoms with Crippen molar-refractivity contribution in [1.29, 1.82) is 0 Å². The number of halogens is 1. The van der Waals surface area contributed by atoms with E-state index in [-0.39, 0.29) is 18.3 Å². The highest BCUT2D eigenvalue weighted by Crippen LogP contribution is 2.24. The predicted octanol–water partition coefficient (Wildman–Crippen LogP) is 3.25. The van der Waals surface area contributed by atoms with Crippen molar-refractivity contribution in [2.24, 2.45) is 11.8 Å². The lowest BCUT2D eigenvalue weighted by atomic mass is 9.84. The Balaban J connectivity index is 0.00000288. The number of aryl methyl sites for hydroxylation is 2. The number of rotatable bonds is 7. The van der Waals surface area contributed by atoms with Crippen LogP contribution < -0.4 is 15.4 Å². The first kappa shape index (κ1) is 20.8. The molecule has 1 unspecified atom stereocenters. The largest absolute Gasteiger partial charge is 0.492 e. The Kier molecular flexibility index (Phi) is 9.16. The maximum absolute atomic E-state index is 12.0. The van der Waals surface area contributed by atoms with Gasteiger partial charge in [0, 0.05) is 6.42 Å². The van der Waals surface area contributed by atoms with E-state index in [0.717, 1.165) is 18.8 Å². The molecule has 1 aromatic rings. The Bertz CT molecular complexity index is 496. The molecule has 1 aliphatic rings. The monoisotopic (exact) mass is 354 g/mol. The lowest BCUT2D eigenvalue weighted by molar-refractivity contribution is -0.122. The van der Waals surface area contributed by atoms with Gasteiger partial charge in [-0.05, 0) is 74.9 Å². The molecule has 2 N–H and O–H groups in total. The Morgan fingerprint density at radius 1 is 1.25 bits per heavy atom. The van der Waals surface area contributed by atoms with Crippen LogP contribution in [0.25, 0.3) is 0 Å². The second-order valence-electron chi connectivity index (χ2n) is 6.79. The number of ether oxygens (including phenoxy) is 1. The van der Waals surface area contributed by atoms with Crippen molar-refractivity contribution in [3.8, 4) is 5.75 Å². The van der Waals surface area contributed by atoms with Gasteiger partial charge < -0.3 is 15.4 Å². The van der Waals surface area contributed by atoms with Gasteiger partial charge in [0.2, 0.25) is 5.91 Å². The summed E-state index contributed by atoms with van der Waals surface area (Å²) in [6, 6.07) is 6.17. The van der Waals surface area contributed by atoms with E-state index in [1.165, 1.54) is 24.0 Å². The summed E-state index contributed by atoms with van der Waals surface area (Å²) in [5.74, 6) is 2.14. The molecule has 1 aromatic carbocycles. The van der Waals surface area contributed by atoms with Gasteiger partial charge in [-0.25, -0.2) is 0 Å². The van der Waals surface area contributed by atoms with Crippen molar-refractivity contribution in [1.82, 2.24) is 10.6 Å². The summed E-state index contributed by atoms with van der Waals surface area (Å²) in [6.45, 7) is 9.55. The summed E-state index contributed by atoms with van der Waals surface area (Å²) in [6.07, 6.45) is 2.99. The predicted molar refractivity (Wildman–Crippen MR) is 101 cm³/mol. The molecule has 0 aliphatic carbocycles. The van der Waals surface area contributed by atoms with Crippen LogP contribution in [-0.2, 0) is 4.79 Å². The minimum atomic E-state index is 0. The van der Waals surface area contributed by atoms with Crippen LogP contribution in [0.5, 0.6) is 5.75 Å². The van der Waals surface area contributed by atoms with Gasteiger partial charge in [-0.1, -0.05) is 13.0 Å². The van der Waals surface area contributed by atoms with Crippen molar-refractivity contribution in [2.75, 3.05) is 26.2 Å². The molecule has 1 atom stereocenters. The fourth-order valence-corrected chi connectivity index (χ4v) is 3.32. The van der Waals surface area contributed by atoms with Gasteiger partial charge >= 0.3 is 0 Å². The summed E-state index contributed by atoms with van der Waals surface area (Å²) in [5, 5.41) is 6.34. The van der Waals surface area contributed by atoms with Crippen LogP contribution in [0.15, 0.2) is 18.2 Å². The standard InChI is InChI=1S/C19H30N2O2.ClH/c1-14-10-15(2)12-18(11-14)23-9-8-21-19(22)13-16(3)17-4-6-20-7-5-17;/h10-12,16-17,20H,4-9,13H2,1-3H3,(H,21,22);1H. The number of carbonyl (C=O) groups is 1. The highest BCUT2D eigenvalue weighted by atomic mass is 35.5. The van der Waals surface area contributed by atoms with E-state index < -0.39 is 0 Å². The third-order valence-electron chi connectivity index (χ3n) is 4.58. The Hall–Kier alpha value is -1.26. The van der Waals surface area contributed by atoms with Gasteiger partial charge in [0.25, 0.3) is 0 Å². The molecular weight excluding hydrogens is 324 g/mol. The molecule has 0 spiro atoms. The lowest BCUT2D eigenvalue weighted by Gasteiger charge is -2.27. The molecule has 136 valence electrons. The zero-order valence-corrected chi connectivity index (χ0v) is 15.9. The number of benzene rings is 1. The average molecular weight is 355 g/mol. The van der Waals surface area contributed by atoms with Crippen LogP contribution in [0.4, 0.5) is 0 Å². The van der Waals surface area contributed by atoms with Crippen LogP contribution >= 0.6 is 12.4 Å². The van der Waals surface area contributed by atoms with Crippen LogP contribution in [0, 0.1) is 25.7 Å². The number of hydrogen-bond acceptors (Lipinski definition) is 3. The first-order chi connectivity index (χ1) is 11.0. The molecule has 0 bridgehead atoms. The second-order valence-corrected chi connectivity index (χ2v) is 6.79. The molecule has 0 saturated carbocycles. The number of amides is 1. The van der Waals surface area contributed by atoms with E-state index >= 15 is 0 Å². The number of carbonyl (C=O) groups excluding carboxylic acids is 1. The molecule has 1 aliphatic heterocycles. The fourth-order valence-electron chi connectivity index (χ4n) is 3.32. The summed E-state index contributed by atoms with van der Waals surface area (Å²) < 4.78 is 5.72. The van der Waals surface area contributed by atoms with Crippen molar-refractivity contribution in [3.63, 3.8) is 0 Å². The topological polar surface area (TPSA) is 50.4 Å². The Morgan fingerprint density at radius 2 is 1.88 bits per heavy atom. The Morgan fingerprint density at radius 3 is 2.50 bits per heavy atom. The minimum absolute atomic E-state index is 0. The third-order valence-corrected chi connectivity index (χ3v) is 4.58. The van der Waals surface area contributed by atoms with Crippen molar-refractivity contribution in [2.45, 2.75) is 40.0 Å². The fraction of sp³-hybridized carbons (Fsp3) is 0.632. The maximum atomic E-state index is 12.0. The van der Waals surface area contributed by atoms with E-state index in [1.54, 1.807) is 0 Å². The van der Waals surface area contributed by atoms with Crippen LogP contribution in [0.2, 0.25) is 0 Å². The van der Waals surface area contributed by atoms with E-state index in [9.17, 15) is 4.79 Å². The molecule has 1 fully saturated rings. The second kappa shape index (κ2) is 10.6. The third kappa shape index (κ3) is 7.10. The van der Waals surface area contributed by atoms with Crippen LogP contribution in [0.3, 0.4) is 0 Å². The number of hydrogen-bond donors (Lipinski definition) is 2. The summed E-state index contributed by atoms with van der Waals surface area (Å²) in [4.78, 5) is 12.0. The van der Waals surface area contributed by atoms with Gasteiger partial charge in [0.1, 0.15) is 12.4 Å². The van der Waals surface area contributed by atoms with E-state index in [0.29, 0.717) is 31.4 Å². The molecular formula is C19H31ClN2O2. The smallest absolute Gasteiger partial charge is 0.220 e. The first-order valence-corrected chi connectivity index (χ1v) is 8.73. The lowest BCUT2D eigenvalue weighted by Crippen LogP contribution is -2.34. The highest BCUT2D eigenvalue weighted by molar-refractivity contribution is 5.85. The average Bonchev–Trinajstić information content (AvgIpc) is 2.51. The first-order valence-electron chi connectivity index (χ1n) is 8.73. The zero-order chi connectivity index (χ0) is 16.7. The molecule has 1 saturated heterocycles. The van der Waals surface area contributed by atoms with Gasteiger partial charge in [0.15, 0.2) is 0 Å². The molecule has 0 radical (unpaired) electrons. The van der Waals surface area contributed by atoms with E-state index in [1.807, 2.05) is 12.1 Å². The normalized spacial score (nSPS) is 16.1. The van der Waals surface area contributed by atoms with E-state index in [4.69, 9.17) is 4.74 Å². The molecule has 1 amide bonds. The summed E-state index contributed by atoms with van der Waals surface area (Å²) in [5.41, 5.74) is 2.39. The minimum Gasteiger partial charge on any atom is -0.492 e. The zero-order valence-electron chi connectivity index (χ0n) is 15.1. The molecule has 1 heterocycles.